The Morgan fingerprint density at radius 2 is 1.41 bits per heavy atom. The Morgan fingerprint density at radius 1 is 0.862 bits per heavy atom. The number of carboxylic acids is 1. The number of carbonyl (C=O) groups is 1. The van der Waals surface area contributed by atoms with Gasteiger partial charge in [0.2, 0.25) is 0 Å². The van der Waals surface area contributed by atoms with E-state index in [0.29, 0.717) is 0 Å². The Kier molecular flexibility index (Phi) is 16.6. The highest BCUT2D eigenvalue weighted by atomic mass is 16.7. The van der Waals surface area contributed by atoms with Gasteiger partial charge in [0.15, 0.2) is 6.29 Å². The lowest BCUT2D eigenvalue weighted by Gasteiger charge is -2.31. The zero-order valence-electron chi connectivity index (χ0n) is 19.3. The van der Waals surface area contributed by atoms with E-state index in [0.717, 1.165) is 58.0 Å². The quantitative estimate of drug-likeness (QED) is 0.223. The van der Waals surface area contributed by atoms with E-state index in [9.17, 15) is 9.90 Å². The number of hydrogen-bond donors (Lipinski definition) is 1. The average molecular weight is 413 g/mol. The van der Waals surface area contributed by atoms with Gasteiger partial charge in [-0.05, 0) is 32.1 Å². The number of ether oxygens (including phenoxy) is 2. The maximum absolute atomic E-state index is 12.0. The van der Waals surface area contributed by atoms with E-state index in [4.69, 9.17) is 9.47 Å². The van der Waals surface area contributed by atoms with Crippen molar-refractivity contribution >= 4 is 5.97 Å². The summed E-state index contributed by atoms with van der Waals surface area (Å²) >= 11 is 0. The average Bonchev–Trinajstić information content (AvgIpc) is 2.72. The predicted molar refractivity (Wildman–Crippen MR) is 120 cm³/mol. The molecule has 0 saturated carbocycles. The number of aliphatic carboxylic acids is 1. The van der Waals surface area contributed by atoms with Crippen LogP contribution in [0.15, 0.2) is 0 Å². The van der Waals surface area contributed by atoms with Crippen molar-refractivity contribution < 1.29 is 19.4 Å². The molecule has 4 nitrogen and oxygen atoms in total. The van der Waals surface area contributed by atoms with Crippen molar-refractivity contribution in [2.75, 3.05) is 6.61 Å². The highest BCUT2D eigenvalue weighted by Gasteiger charge is 2.31. The molecule has 4 heteroatoms. The summed E-state index contributed by atoms with van der Waals surface area (Å²) in [6.07, 6.45) is 20.1. The van der Waals surface area contributed by atoms with Gasteiger partial charge in [0.25, 0.3) is 0 Å². The molecule has 172 valence electrons. The Labute approximate surface area is 180 Å². The molecule has 0 bridgehead atoms. The van der Waals surface area contributed by atoms with Gasteiger partial charge in [-0.1, -0.05) is 97.3 Å². The summed E-state index contributed by atoms with van der Waals surface area (Å²) in [7, 11) is 0. The summed E-state index contributed by atoms with van der Waals surface area (Å²) in [6, 6.07) is 0. The lowest BCUT2D eigenvalue weighted by atomic mass is 9.91. The molecule has 1 heterocycles. The third kappa shape index (κ3) is 13.3. The lowest BCUT2D eigenvalue weighted by molar-refractivity contribution is -0.204. The molecular weight excluding hydrogens is 364 g/mol. The van der Waals surface area contributed by atoms with E-state index in [1.165, 1.54) is 64.2 Å². The van der Waals surface area contributed by atoms with E-state index in [-0.39, 0.29) is 12.4 Å². The van der Waals surface area contributed by atoms with Crippen LogP contribution in [0.1, 0.15) is 129 Å². The van der Waals surface area contributed by atoms with Gasteiger partial charge in [0.1, 0.15) is 0 Å². The fraction of sp³-hybridized carbons (Fsp3) is 0.960. The van der Waals surface area contributed by atoms with E-state index >= 15 is 0 Å². The van der Waals surface area contributed by atoms with Gasteiger partial charge in [-0.25, -0.2) is 0 Å². The summed E-state index contributed by atoms with van der Waals surface area (Å²) < 4.78 is 12.0. The van der Waals surface area contributed by atoms with Gasteiger partial charge in [0.05, 0.1) is 12.0 Å². The Bertz CT molecular complexity index is 379. The first-order valence-corrected chi connectivity index (χ1v) is 12.7. The molecule has 0 aliphatic carbocycles. The summed E-state index contributed by atoms with van der Waals surface area (Å²) in [6.45, 7) is 5.20. The smallest absolute Gasteiger partial charge is 0.309 e. The molecule has 1 saturated heterocycles. The molecule has 0 radical (unpaired) electrons. The Hall–Kier alpha value is -0.610. The van der Waals surface area contributed by atoms with E-state index in [2.05, 4.69) is 13.8 Å². The molecule has 0 spiro atoms. The van der Waals surface area contributed by atoms with Crippen LogP contribution in [0.2, 0.25) is 0 Å². The highest BCUT2D eigenvalue weighted by Crippen LogP contribution is 2.26. The van der Waals surface area contributed by atoms with Crippen LogP contribution in [-0.2, 0) is 14.3 Å². The minimum atomic E-state index is -0.692. The Morgan fingerprint density at radius 3 is 1.93 bits per heavy atom. The second-order valence-corrected chi connectivity index (χ2v) is 8.88. The number of hydrogen-bond acceptors (Lipinski definition) is 3. The van der Waals surface area contributed by atoms with Gasteiger partial charge >= 0.3 is 5.97 Å². The lowest BCUT2D eigenvalue weighted by Crippen LogP contribution is -2.36. The van der Waals surface area contributed by atoms with Crippen LogP contribution in [0.4, 0.5) is 0 Å². The molecule has 1 aliphatic heterocycles. The van der Waals surface area contributed by atoms with Crippen LogP contribution in [-0.4, -0.2) is 30.1 Å². The molecule has 0 aromatic carbocycles. The fourth-order valence-corrected chi connectivity index (χ4v) is 4.29. The molecule has 3 atom stereocenters. The molecule has 0 aromatic rings. The summed E-state index contributed by atoms with van der Waals surface area (Å²) in [5.41, 5.74) is 0. The maximum Gasteiger partial charge on any atom is 0.309 e. The van der Waals surface area contributed by atoms with Crippen molar-refractivity contribution in [3.8, 4) is 0 Å². The van der Waals surface area contributed by atoms with Gasteiger partial charge in [-0.3, -0.25) is 4.79 Å². The maximum atomic E-state index is 12.0. The molecule has 1 rings (SSSR count). The van der Waals surface area contributed by atoms with Gasteiger partial charge in [-0.15, -0.1) is 0 Å². The highest BCUT2D eigenvalue weighted by molar-refractivity contribution is 5.70. The third-order valence-electron chi connectivity index (χ3n) is 6.19. The zero-order chi connectivity index (χ0) is 21.2. The molecule has 0 amide bonds. The predicted octanol–water partition coefficient (Wildman–Crippen LogP) is 7.49. The van der Waals surface area contributed by atoms with Crippen molar-refractivity contribution in [2.24, 2.45) is 5.92 Å². The van der Waals surface area contributed by atoms with Crippen LogP contribution >= 0.6 is 0 Å². The second kappa shape index (κ2) is 18.2. The normalized spacial score (nSPS) is 19.2. The standard InChI is InChI=1S/C25H48O4/c1-3-5-7-9-10-11-13-14-18-22(25(26)27)23(19-15-12-8-6-4-2)29-24-20-16-17-21-28-24/h22-24H,3-21H2,1-2H3,(H,26,27)/t22-,23+,24?/m0/s1. The van der Waals surface area contributed by atoms with E-state index < -0.39 is 11.9 Å². The largest absolute Gasteiger partial charge is 0.481 e. The van der Waals surface area contributed by atoms with Crippen molar-refractivity contribution in [1.29, 1.82) is 0 Å². The molecular formula is C25H48O4. The first-order valence-electron chi connectivity index (χ1n) is 12.7. The zero-order valence-corrected chi connectivity index (χ0v) is 19.3. The third-order valence-corrected chi connectivity index (χ3v) is 6.19. The van der Waals surface area contributed by atoms with Gasteiger partial charge in [0, 0.05) is 6.61 Å². The molecule has 1 unspecified atom stereocenters. The van der Waals surface area contributed by atoms with Crippen molar-refractivity contribution in [2.45, 2.75) is 142 Å². The number of rotatable bonds is 19. The van der Waals surface area contributed by atoms with Crippen LogP contribution in [0, 0.1) is 5.92 Å². The van der Waals surface area contributed by atoms with E-state index in [1.54, 1.807) is 0 Å². The van der Waals surface area contributed by atoms with Gasteiger partial charge < -0.3 is 14.6 Å². The number of unbranched alkanes of at least 4 members (excludes halogenated alkanes) is 11. The van der Waals surface area contributed by atoms with Crippen molar-refractivity contribution in [3.63, 3.8) is 0 Å². The molecule has 1 fully saturated rings. The first kappa shape index (κ1) is 26.4. The molecule has 0 aromatic heterocycles. The van der Waals surface area contributed by atoms with Crippen LogP contribution in [0.3, 0.4) is 0 Å². The molecule has 29 heavy (non-hydrogen) atoms. The molecule has 1 N–H and O–H groups in total. The van der Waals surface area contributed by atoms with Crippen molar-refractivity contribution in [3.05, 3.63) is 0 Å². The monoisotopic (exact) mass is 412 g/mol. The number of carboxylic acid groups (broad SMARTS) is 1. The topological polar surface area (TPSA) is 55.8 Å². The first-order chi connectivity index (χ1) is 14.2. The fourth-order valence-electron chi connectivity index (χ4n) is 4.29. The SMILES string of the molecule is CCCCCCCCCC[C@H](C(=O)O)[C@@H](CCCCCCC)OC1CCCCO1. The minimum Gasteiger partial charge on any atom is -0.481 e. The van der Waals surface area contributed by atoms with Crippen LogP contribution < -0.4 is 0 Å². The van der Waals surface area contributed by atoms with Crippen molar-refractivity contribution in [1.82, 2.24) is 0 Å². The van der Waals surface area contributed by atoms with Crippen LogP contribution in [0.5, 0.6) is 0 Å². The summed E-state index contributed by atoms with van der Waals surface area (Å²) in [5.74, 6) is -1.09. The molecule has 1 aliphatic rings. The summed E-state index contributed by atoms with van der Waals surface area (Å²) in [4.78, 5) is 12.0. The van der Waals surface area contributed by atoms with E-state index in [1.807, 2.05) is 0 Å². The Balaban J connectivity index is 2.43. The minimum absolute atomic E-state index is 0.204. The second-order valence-electron chi connectivity index (χ2n) is 8.88. The van der Waals surface area contributed by atoms with Crippen LogP contribution in [0.25, 0.3) is 0 Å². The van der Waals surface area contributed by atoms with Gasteiger partial charge in [-0.2, -0.15) is 0 Å². The summed E-state index contributed by atoms with van der Waals surface area (Å²) in [5, 5.41) is 9.89.